The van der Waals surface area contributed by atoms with Gasteiger partial charge in [-0.3, -0.25) is 5.43 Å². The number of hydrogen-bond acceptors (Lipinski definition) is 4. The van der Waals surface area contributed by atoms with Gasteiger partial charge >= 0.3 is 0 Å². The van der Waals surface area contributed by atoms with Gasteiger partial charge in [0.25, 0.3) is 0 Å². The Morgan fingerprint density at radius 1 is 1.40 bits per heavy atom. The van der Waals surface area contributed by atoms with E-state index in [1.807, 2.05) is 0 Å². The lowest BCUT2D eigenvalue weighted by molar-refractivity contribution is 1.02. The van der Waals surface area contributed by atoms with E-state index in [0.29, 0.717) is 5.17 Å². The summed E-state index contributed by atoms with van der Waals surface area (Å²) in [7, 11) is 0. The van der Waals surface area contributed by atoms with E-state index in [1.54, 1.807) is 0 Å². The second kappa shape index (κ2) is 3.62. The predicted octanol–water partition coefficient (Wildman–Crippen LogP) is 0.346. The van der Waals surface area contributed by atoms with Crippen molar-refractivity contribution in [1.82, 2.24) is 5.43 Å². The van der Waals surface area contributed by atoms with Gasteiger partial charge in [-0.05, 0) is 36.4 Å². The first kappa shape index (κ1) is 10.1. The molecule has 1 aromatic carbocycles. The van der Waals surface area contributed by atoms with Crippen LogP contribution in [0.2, 0.25) is 0 Å². The Morgan fingerprint density at radius 2 is 2.13 bits per heavy atom. The summed E-state index contributed by atoms with van der Waals surface area (Å²) in [5, 5.41) is 7.57. The number of benzene rings is 1. The van der Waals surface area contributed by atoms with Crippen LogP contribution in [0.25, 0.3) is 11.6 Å². The minimum absolute atomic E-state index is 0.546. The normalized spacial score (nSPS) is 18.7. The monoisotopic (exact) mass is 219 g/mol. The molecule has 3 N–H and O–H groups in total. The highest BCUT2D eigenvalue weighted by molar-refractivity contribution is 8.21. The van der Waals surface area contributed by atoms with Crippen LogP contribution < -0.4 is 21.6 Å². The third-order valence-electron chi connectivity index (χ3n) is 2.26. The van der Waals surface area contributed by atoms with Gasteiger partial charge in [0.15, 0.2) is 5.17 Å². The van der Waals surface area contributed by atoms with E-state index in [-0.39, 0.29) is 0 Å². The van der Waals surface area contributed by atoms with Gasteiger partial charge in [0.2, 0.25) is 0 Å². The third-order valence-corrected chi connectivity index (χ3v) is 3.06. The van der Waals surface area contributed by atoms with Gasteiger partial charge < -0.3 is 5.73 Å². The number of aryl methyl sites for hydroxylation is 2. The van der Waals surface area contributed by atoms with Crippen LogP contribution in [-0.4, -0.2) is 5.17 Å². The first-order valence-corrected chi connectivity index (χ1v) is 5.47. The fraction of sp³-hybridized carbons (Fsp3) is 0.182. The fourth-order valence-electron chi connectivity index (χ4n) is 1.74. The van der Waals surface area contributed by atoms with Gasteiger partial charge in [0.1, 0.15) is 5.03 Å². The quantitative estimate of drug-likeness (QED) is 0.662. The summed E-state index contributed by atoms with van der Waals surface area (Å²) < 4.78 is 0. The van der Waals surface area contributed by atoms with Crippen LogP contribution in [0.4, 0.5) is 0 Å². The third kappa shape index (κ3) is 1.85. The number of thioether (sulfide) groups is 1. The van der Waals surface area contributed by atoms with Crippen LogP contribution in [0.3, 0.4) is 0 Å². The summed E-state index contributed by atoms with van der Waals surface area (Å²) in [6, 6.07) is 4.19. The van der Waals surface area contributed by atoms with Gasteiger partial charge in [-0.1, -0.05) is 24.3 Å². The Bertz CT molecular complexity index is 546. The first-order valence-electron chi connectivity index (χ1n) is 4.65. The Labute approximate surface area is 92.7 Å². The highest BCUT2D eigenvalue weighted by Gasteiger charge is 2.11. The van der Waals surface area contributed by atoms with Crippen molar-refractivity contribution in [3.05, 3.63) is 33.7 Å². The molecule has 78 valence electrons. The van der Waals surface area contributed by atoms with E-state index < -0.39 is 0 Å². The average Bonchev–Trinajstić information content (AvgIpc) is 2.49. The van der Waals surface area contributed by atoms with Crippen LogP contribution in [-0.2, 0) is 0 Å². The minimum Gasteiger partial charge on any atom is -0.377 e. The molecule has 0 bridgehead atoms. The van der Waals surface area contributed by atoms with Crippen molar-refractivity contribution in [3.8, 4) is 0 Å². The molecule has 1 aliphatic heterocycles. The molecule has 0 fully saturated rings. The van der Waals surface area contributed by atoms with Gasteiger partial charge in [-0.15, -0.1) is 5.10 Å². The molecule has 0 atom stereocenters. The zero-order valence-electron chi connectivity index (χ0n) is 8.79. The van der Waals surface area contributed by atoms with Gasteiger partial charge in [-0.2, -0.15) is 0 Å². The van der Waals surface area contributed by atoms with Crippen molar-refractivity contribution in [3.63, 3.8) is 0 Å². The highest BCUT2D eigenvalue weighted by Crippen LogP contribution is 2.17. The summed E-state index contributed by atoms with van der Waals surface area (Å²) >= 11 is 1.45. The van der Waals surface area contributed by atoms with Crippen molar-refractivity contribution in [2.75, 3.05) is 0 Å². The number of amidine groups is 1. The molecule has 1 aliphatic rings. The van der Waals surface area contributed by atoms with Crippen LogP contribution in [0.5, 0.6) is 0 Å². The van der Waals surface area contributed by atoms with E-state index in [4.69, 9.17) is 5.73 Å². The van der Waals surface area contributed by atoms with E-state index in [9.17, 15) is 0 Å². The fourth-order valence-corrected chi connectivity index (χ4v) is 2.53. The number of hydrogen-bond donors (Lipinski definition) is 2. The van der Waals surface area contributed by atoms with E-state index in [0.717, 1.165) is 15.5 Å². The summed E-state index contributed by atoms with van der Waals surface area (Å²) in [4.78, 5) is 0. The predicted molar refractivity (Wildman–Crippen MR) is 66.4 cm³/mol. The smallest absolute Gasteiger partial charge is 0.184 e. The molecular weight excluding hydrogens is 206 g/mol. The highest BCUT2D eigenvalue weighted by atomic mass is 32.2. The van der Waals surface area contributed by atoms with E-state index in [1.165, 1.54) is 22.9 Å². The summed E-state index contributed by atoms with van der Waals surface area (Å²) in [5.74, 6) is 0. The maximum Gasteiger partial charge on any atom is 0.184 e. The Morgan fingerprint density at radius 3 is 2.67 bits per heavy atom. The Hall–Kier alpha value is -1.42. The van der Waals surface area contributed by atoms with Crippen molar-refractivity contribution in [2.45, 2.75) is 13.8 Å². The number of nitrogens with one attached hydrogen (secondary N) is 1. The van der Waals surface area contributed by atoms with Crippen LogP contribution in [0.1, 0.15) is 11.1 Å². The molecule has 0 unspecified atom stereocenters. The molecule has 0 amide bonds. The zero-order valence-corrected chi connectivity index (χ0v) is 9.61. The van der Waals surface area contributed by atoms with Gasteiger partial charge in [-0.25, -0.2) is 0 Å². The SMILES string of the molecule is C=c1cc(C)cc(C)c1=C1NN=C(N)S1. The maximum atomic E-state index is 5.60. The molecule has 2 rings (SSSR count). The van der Waals surface area contributed by atoms with Crippen molar-refractivity contribution in [1.29, 1.82) is 0 Å². The molecule has 1 aromatic rings. The molecule has 3 nitrogen and oxygen atoms in total. The standard InChI is InChI=1S/C11H13N3S/c1-6-4-7(2)9(8(3)5-6)10-13-14-11(12)15-10/h4-5,13H,2H2,1,3H3,(H2,12,14). The molecule has 4 heteroatoms. The molecule has 0 saturated carbocycles. The first-order chi connectivity index (χ1) is 7.08. The molecule has 0 radical (unpaired) electrons. The van der Waals surface area contributed by atoms with Crippen molar-refractivity contribution < 1.29 is 0 Å². The molecule has 1 heterocycles. The second-order valence-corrected chi connectivity index (χ2v) is 4.64. The molecule has 0 aromatic heterocycles. The lowest BCUT2D eigenvalue weighted by atomic mass is 10.1. The second-order valence-electron chi connectivity index (χ2n) is 3.61. The summed E-state index contributed by atoms with van der Waals surface area (Å²) in [5.41, 5.74) is 10.9. The average molecular weight is 219 g/mol. The number of nitrogens with two attached hydrogens (primary N) is 1. The largest absolute Gasteiger partial charge is 0.377 e. The van der Waals surface area contributed by atoms with Gasteiger partial charge in [0, 0.05) is 5.22 Å². The molecule has 0 aliphatic carbocycles. The minimum atomic E-state index is 0.546. The van der Waals surface area contributed by atoms with Crippen molar-refractivity contribution >= 4 is 28.5 Å². The number of hydrazone groups is 1. The Kier molecular flexibility index (Phi) is 2.44. The molecule has 0 saturated heterocycles. The Balaban J connectivity index is 2.69. The van der Waals surface area contributed by atoms with E-state index in [2.05, 4.69) is 43.1 Å². The molecule has 15 heavy (non-hydrogen) atoms. The maximum absolute atomic E-state index is 5.60. The topological polar surface area (TPSA) is 50.4 Å². The van der Waals surface area contributed by atoms with Gasteiger partial charge in [0.05, 0.1) is 0 Å². The van der Waals surface area contributed by atoms with E-state index >= 15 is 0 Å². The lowest BCUT2D eigenvalue weighted by Crippen LogP contribution is -2.30. The molecule has 0 spiro atoms. The van der Waals surface area contributed by atoms with Crippen LogP contribution in [0, 0.1) is 13.8 Å². The number of rotatable bonds is 0. The van der Waals surface area contributed by atoms with Crippen molar-refractivity contribution in [2.24, 2.45) is 10.8 Å². The summed E-state index contributed by atoms with van der Waals surface area (Å²) in [6.45, 7) is 8.18. The zero-order chi connectivity index (χ0) is 11.0. The van der Waals surface area contributed by atoms with Crippen LogP contribution >= 0.6 is 11.8 Å². The molecular formula is C11H13N3S. The lowest BCUT2D eigenvalue weighted by Gasteiger charge is -2.02. The van der Waals surface area contributed by atoms with Crippen LogP contribution in [0.15, 0.2) is 17.2 Å². The summed E-state index contributed by atoms with van der Waals surface area (Å²) in [6.07, 6.45) is 0. The number of nitrogens with zero attached hydrogens (tertiary/aromatic N) is 1.